The third kappa shape index (κ3) is 6.24. The summed E-state index contributed by atoms with van der Waals surface area (Å²) in [6.45, 7) is 14.1. The molecule has 1 aliphatic heterocycles. The Balaban J connectivity index is 1.83. The maximum absolute atomic E-state index is 14.8. The van der Waals surface area contributed by atoms with E-state index < -0.39 is 22.9 Å². The lowest BCUT2D eigenvalue weighted by Crippen LogP contribution is -2.51. The third-order valence-electron chi connectivity index (χ3n) is 6.16. The van der Waals surface area contributed by atoms with E-state index in [4.69, 9.17) is 10.5 Å². The van der Waals surface area contributed by atoms with E-state index in [2.05, 4.69) is 20.6 Å². The number of piperidine rings is 1. The number of aryl methyl sites for hydroxylation is 1. The average molecular weight is 504 g/mol. The van der Waals surface area contributed by atoms with Crippen LogP contribution >= 0.6 is 0 Å². The Morgan fingerprint density at radius 2 is 1.89 bits per heavy atom. The number of hydrogen-bond acceptors (Lipinski definition) is 7. The summed E-state index contributed by atoms with van der Waals surface area (Å²) in [5.74, 6) is 0.253. The molecule has 0 saturated carbocycles. The molecule has 1 aliphatic rings. The molecule has 3 rings (SSSR count). The first-order chi connectivity index (χ1) is 16.6. The van der Waals surface area contributed by atoms with Crippen molar-refractivity contribution in [2.24, 2.45) is 16.3 Å². The van der Waals surface area contributed by atoms with E-state index in [-0.39, 0.29) is 17.2 Å². The van der Waals surface area contributed by atoms with Crippen LogP contribution < -0.4 is 11.1 Å². The van der Waals surface area contributed by atoms with Crippen LogP contribution in [0.2, 0.25) is 0 Å². The Bertz CT molecular complexity index is 1120. The van der Waals surface area contributed by atoms with Crippen molar-refractivity contribution in [3.05, 3.63) is 35.4 Å². The van der Waals surface area contributed by atoms with Crippen molar-refractivity contribution in [3.8, 4) is 0 Å². The van der Waals surface area contributed by atoms with Crippen molar-refractivity contribution < 1.29 is 19.1 Å². The van der Waals surface area contributed by atoms with Gasteiger partial charge >= 0.3 is 6.09 Å². The number of halogens is 1. The summed E-state index contributed by atoms with van der Waals surface area (Å²) in [7, 11) is 0. The smallest absolute Gasteiger partial charge is 0.410 e. The first-order valence-corrected chi connectivity index (χ1v) is 12.1. The molecule has 0 bridgehead atoms. The quantitative estimate of drug-likeness (QED) is 0.236. The molecule has 0 atom stereocenters. The molecule has 1 amide bonds. The molecule has 2 aromatic heterocycles. The van der Waals surface area contributed by atoms with Gasteiger partial charge in [-0.1, -0.05) is 5.16 Å². The normalized spacial score (nSPS) is 16.7. The molecule has 0 radical (unpaired) electrons. The van der Waals surface area contributed by atoms with Crippen LogP contribution in [0.1, 0.15) is 65.8 Å². The Morgan fingerprint density at radius 3 is 2.44 bits per heavy atom. The molecule has 0 aliphatic carbocycles. The molecule has 3 heterocycles. The van der Waals surface area contributed by atoms with Crippen molar-refractivity contribution in [2.45, 2.75) is 78.9 Å². The van der Waals surface area contributed by atoms with E-state index in [0.29, 0.717) is 43.9 Å². The number of ether oxygens (including phenoxy) is 1. The van der Waals surface area contributed by atoms with E-state index in [1.165, 1.54) is 6.07 Å². The molecule has 1 fully saturated rings. The first kappa shape index (κ1) is 27.2. The van der Waals surface area contributed by atoms with E-state index in [9.17, 15) is 14.4 Å². The highest BCUT2D eigenvalue weighted by molar-refractivity contribution is 5.86. The number of likely N-dealkylation sites (tertiary alicyclic amines) is 1. The van der Waals surface area contributed by atoms with Crippen LogP contribution in [0.15, 0.2) is 23.4 Å². The maximum atomic E-state index is 14.8. The summed E-state index contributed by atoms with van der Waals surface area (Å²) in [5, 5.41) is 20.4. The second-order valence-corrected chi connectivity index (χ2v) is 11.4. The molecule has 4 N–H and O–H groups in total. The molecule has 36 heavy (non-hydrogen) atoms. The third-order valence-corrected chi connectivity index (χ3v) is 6.16. The molecule has 0 spiro atoms. The summed E-state index contributed by atoms with van der Waals surface area (Å²) >= 11 is 0. The van der Waals surface area contributed by atoms with Gasteiger partial charge in [-0.2, -0.15) is 5.10 Å². The number of amidine groups is 1. The zero-order chi connectivity index (χ0) is 26.9. The number of oxime groups is 1. The van der Waals surface area contributed by atoms with Crippen molar-refractivity contribution >= 4 is 23.6 Å². The number of nitrogens with one attached hydrogen (secondary N) is 1. The molecule has 198 valence electrons. The zero-order valence-corrected chi connectivity index (χ0v) is 22.2. The summed E-state index contributed by atoms with van der Waals surface area (Å²) in [6, 6.07) is 4.79. The topological polar surface area (TPSA) is 131 Å². The molecule has 0 aromatic carbocycles. The number of nitrogens with two attached hydrogens (primary N) is 1. The number of carbonyl (C=O) groups is 1. The fourth-order valence-corrected chi connectivity index (χ4v) is 4.31. The van der Waals surface area contributed by atoms with Crippen LogP contribution in [0.4, 0.5) is 20.8 Å². The number of pyridine rings is 1. The highest BCUT2D eigenvalue weighted by Crippen LogP contribution is 2.36. The van der Waals surface area contributed by atoms with Crippen molar-refractivity contribution in [1.82, 2.24) is 19.7 Å². The number of anilines is 2. The van der Waals surface area contributed by atoms with Gasteiger partial charge in [-0.25, -0.2) is 18.9 Å². The highest BCUT2D eigenvalue weighted by Gasteiger charge is 2.41. The minimum absolute atomic E-state index is 0.0633. The van der Waals surface area contributed by atoms with Gasteiger partial charge in [0.05, 0.1) is 11.2 Å². The van der Waals surface area contributed by atoms with Gasteiger partial charge in [-0.15, -0.1) is 0 Å². The second-order valence-electron chi connectivity index (χ2n) is 11.4. The van der Waals surface area contributed by atoms with Crippen LogP contribution in [0.3, 0.4) is 0 Å². The van der Waals surface area contributed by atoms with Gasteiger partial charge in [0, 0.05) is 36.7 Å². The highest BCUT2D eigenvalue weighted by atomic mass is 19.1. The van der Waals surface area contributed by atoms with Crippen LogP contribution in [0.5, 0.6) is 0 Å². The number of carbonyl (C=O) groups excluding carboxylic acids is 1. The molecule has 10 nitrogen and oxygen atoms in total. The van der Waals surface area contributed by atoms with Crippen molar-refractivity contribution in [2.75, 3.05) is 18.4 Å². The zero-order valence-electron chi connectivity index (χ0n) is 22.2. The van der Waals surface area contributed by atoms with Crippen LogP contribution in [0.25, 0.3) is 0 Å². The van der Waals surface area contributed by atoms with Gasteiger partial charge < -0.3 is 25.9 Å². The Kier molecular flexibility index (Phi) is 7.52. The van der Waals surface area contributed by atoms with Gasteiger partial charge in [0.2, 0.25) is 0 Å². The lowest BCUT2D eigenvalue weighted by atomic mass is 9.73. The molecule has 0 unspecified atom stereocenters. The van der Waals surface area contributed by atoms with Crippen LogP contribution in [-0.4, -0.2) is 55.5 Å². The fourth-order valence-electron chi connectivity index (χ4n) is 4.31. The maximum Gasteiger partial charge on any atom is 0.410 e. The summed E-state index contributed by atoms with van der Waals surface area (Å²) in [5.41, 5.74) is 5.88. The standard InChI is InChI=1S/C25H38FN7O3/c1-16-14-19(33(30-16)23(2,3)4)29-20-18(26)9-8-17(28-20)15-25(21(27)31-35)10-12-32(13-11-25)22(34)36-24(5,6)7/h8-9,14,35H,10-13,15H2,1-7H3,(H2,27,31)(H,28,29). The van der Waals surface area contributed by atoms with Gasteiger partial charge in [-0.3, -0.25) is 0 Å². The van der Waals surface area contributed by atoms with Gasteiger partial charge in [0.15, 0.2) is 11.6 Å². The van der Waals surface area contributed by atoms with E-state index in [1.807, 2.05) is 54.5 Å². The molecule has 2 aromatic rings. The fraction of sp³-hybridized carbons (Fsp3) is 0.600. The van der Waals surface area contributed by atoms with Crippen molar-refractivity contribution in [3.63, 3.8) is 0 Å². The predicted octanol–water partition coefficient (Wildman–Crippen LogP) is 4.53. The molecule has 1 saturated heterocycles. The number of nitrogens with zero attached hydrogens (tertiary/aromatic N) is 5. The Hall–Kier alpha value is -3.37. The van der Waals surface area contributed by atoms with E-state index >= 15 is 0 Å². The van der Waals surface area contributed by atoms with Crippen molar-refractivity contribution in [1.29, 1.82) is 0 Å². The molecular formula is C25H38FN7O3. The predicted molar refractivity (Wildman–Crippen MR) is 136 cm³/mol. The SMILES string of the molecule is Cc1cc(Nc2nc(CC3(/C(N)=N\O)CCN(C(=O)OC(C)(C)C)CC3)ccc2F)n(C(C)(C)C)n1. The van der Waals surface area contributed by atoms with Gasteiger partial charge in [0.1, 0.15) is 17.3 Å². The molecular weight excluding hydrogens is 465 g/mol. The van der Waals surface area contributed by atoms with Crippen LogP contribution in [-0.2, 0) is 16.7 Å². The van der Waals surface area contributed by atoms with E-state index in [1.54, 1.807) is 15.6 Å². The van der Waals surface area contributed by atoms with Crippen LogP contribution in [0, 0.1) is 18.2 Å². The lowest BCUT2D eigenvalue weighted by molar-refractivity contribution is 0.0153. The number of rotatable bonds is 5. The lowest BCUT2D eigenvalue weighted by Gasteiger charge is -2.41. The number of hydrogen-bond donors (Lipinski definition) is 3. The second kappa shape index (κ2) is 9.94. The number of aromatic nitrogens is 3. The Labute approximate surface area is 211 Å². The van der Waals surface area contributed by atoms with E-state index in [0.717, 1.165) is 5.69 Å². The largest absolute Gasteiger partial charge is 0.444 e. The monoisotopic (exact) mass is 503 g/mol. The van der Waals surface area contributed by atoms with Gasteiger partial charge in [-0.05, 0) is 73.4 Å². The summed E-state index contributed by atoms with van der Waals surface area (Å²) in [4.78, 5) is 18.7. The van der Waals surface area contributed by atoms with Gasteiger partial charge in [0.25, 0.3) is 0 Å². The number of amides is 1. The average Bonchev–Trinajstić information content (AvgIpc) is 3.15. The Morgan fingerprint density at radius 1 is 1.25 bits per heavy atom. The first-order valence-electron chi connectivity index (χ1n) is 12.1. The molecule has 11 heteroatoms. The minimum Gasteiger partial charge on any atom is -0.444 e. The summed E-state index contributed by atoms with van der Waals surface area (Å²) in [6.07, 6.45) is 0.810. The summed E-state index contributed by atoms with van der Waals surface area (Å²) < 4.78 is 22.0. The minimum atomic E-state index is -0.737.